The molecule has 1 aromatic heterocycles. The minimum absolute atomic E-state index is 0.207. The zero-order chi connectivity index (χ0) is 21.6. The van der Waals surface area contributed by atoms with Crippen LogP contribution in [0.5, 0.6) is 0 Å². The van der Waals surface area contributed by atoms with Crippen molar-refractivity contribution in [2.45, 2.75) is 13.8 Å². The van der Waals surface area contributed by atoms with E-state index in [0.29, 0.717) is 21.5 Å². The minimum atomic E-state index is -0.853. The molecule has 0 unspecified atom stereocenters. The number of benzene rings is 2. The Balaban J connectivity index is 1.83. The minimum Gasteiger partial charge on any atom is -0.287 e. The highest BCUT2D eigenvalue weighted by Crippen LogP contribution is 2.28. The van der Waals surface area contributed by atoms with E-state index in [2.05, 4.69) is 5.32 Å². The van der Waals surface area contributed by atoms with Gasteiger partial charge < -0.3 is 0 Å². The van der Waals surface area contributed by atoms with E-state index in [1.54, 1.807) is 49.5 Å². The summed E-state index contributed by atoms with van der Waals surface area (Å²) >= 11 is 6.14. The molecule has 0 spiro atoms. The number of aryl methyl sites for hydroxylation is 1. The molecule has 1 N–H and O–H groups in total. The van der Waals surface area contributed by atoms with E-state index in [9.17, 15) is 19.2 Å². The summed E-state index contributed by atoms with van der Waals surface area (Å²) in [7, 11) is 0. The quantitative estimate of drug-likeness (QED) is 0.501. The molecule has 2 aromatic carbocycles. The topological polar surface area (TPSA) is 88.5 Å². The Morgan fingerprint density at radius 3 is 2.53 bits per heavy atom. The molecule has 150 valence electrons. The van der Waals surface area contributed by atoms with Gasteiger partial charge in [0.1, 0.15) is 5.57 Å². The highest BCUT2D eigenvalue weighted by Gasteiger charge is 2.37. The van der Waals surface area contributed by atoms with E-state index >= 15 is 0 Å². The number of hydrogen-bond acceptors (Lipinski definition) is 4. The van der Waals surface area contributed by atoms with Crippen molar-refractivity contribution < 1.29 is 19.2 Å². The molecule has 8 heteroatoms. The smallest absolute Gasteiger partial charge is 0.287 e. The van der Waals surface area contributed by atoms with Crippen LogP contribution in [0.2, 0.25) is 5.02 Å². The molecule has 0 bridgehead atoms. The number of fused-ring (bicyclic) bond motifs is 1. The molecule has 4 amide bonds. The average Bonchev–Trinajstić information content (AvgIpc) is 3.07. The van der Waals surface area contributed by atoms with Gasteiger partial charge in [-0.1, -0.05) is 35.9 Å². The summed E-state index contributed by atoms with van der Waals surface area (Å²) < 4.78 is 1.44. The monoisotopic (exact) mass is 421 g/mol. The third-order valence-electron chi connectivity index (χ3n) is 4.90. The number of halogens is 1. The van der Waals surface area contributed by atoms with Gasteiger partial charge in [0.05, 0.1) is 11.2 Å². The molecular weight excluding hydrogens is 406 g/mol. The van der Waals surface area contributed by atoms with Crippen LogP contribution >= 0.6 is 11.6 Å². The molecule has 1 aliphatic heterocycles. The molecule has 3 aromatic rings. The number of hydrogen-bond donors (Lipinski definition) is 1. The number of imide groups is 2. The summed E-state index contributed by atoms with van der Waals surface area (Å²) in [6.07, 6.45) is 2.94. The van der Waals surface area contributed by atoms with Crippen LogP contribution in [0, 0.1) is 6.92 Å². The second-order valence-electron chi connectivity index (χ2n) is 6.88. The Morgan fingerprint density at radius 2 is 1.83 bits per heavy atom. The van der Waals surface area contributed by atoms with Crippen molar-refractivity contribution in [2.24, 2.45) is 0 Å². The van der Waals surface area contributed by atoms with Gasteiger partial charge in [0.15, 0.2) is 0 Å². The predicted octanol–water partition coefficient (Wildman–Crippen LogP) is 3.93. The maximum Gasteiger partial charge on any atom is 0.335 e. The molecule has 0 aliphatic carbocycles. The summed E-state index contributed by atoms with van der Waals surface area (Å²) in [4.78, 5) is 50.7. The first-order chi connectivity index (χ1) is 14.3. The molecule has 30 heavy (non-hydrogen) atoms. The van der Waals surface area contributed by atoms with E-state index < -0.39 is 17.8 Å². The second kappa shape index (κ2) is 7.27. The lowest BCUT2D eigenvalue weighted by Gasteiger charge is -2.26. The lowest BCUT2D eigenvalue weighted by atomic mass is 10.1. The number of urea groups is 1. The van der Waals surface area contributed by atoms with Gasteiger partial charge in [0.25, 0.3) is 11.8 Å². The molecule has 4 rings (SSSR count). The number of carbonyl (C=O) groups is 4. The number of nitrogens with one attached hydrogen (secondary N) is 1. The number of para-hydroxylation sites is 1. The molecule has 2 heterocycles. The van der Waals surface area contributed by atoms with Gasteiger partial charge in [0, 0.05) is 29.1 Å². The summed E-state index contributed by atoms with van der Waals surface area (Å²) in [5.41, 5.74) is 1.97. The van der Waals surface area contributed by atoms with Crippen molar-refractivity contribution in [1.82, 2.24) is 9.88 Å². The highest BCUT2D eigenvalue weighted by molar-refractivity contribution is 6.39. The van der Waals surface area contributed by atoms with Crippen molar-refractivity contribution in [1.29, 1.82) is 0 Å². The standard InChI is InChI=1S/C22H16ClN3O4/c1-12-7-8-15(10-18(12)23)26-21(29)17(20(28)24-22(26)30)9-14-11-25(13(2)27)19-6-4-3-5-16(14)19/h3-11H,1-2H3,(H,24,28,30)/b17-9+. The van der Waals surface area contributed by atoms with Crippen molar-refractivity contribution in [3.8, 4) is 0 Å². The van der Waals surface area contributed by atoms with Gasteiger partial charge in [-0.3, -0.25) is 24.3 Å². The Labute approximate surface area is 176 Å². The third-order valence-corrected chi connectivity index (χ3v) is 5.30. The van der Waals surface area contributed by atoms with E-state index in [0.717, 1.165) is 10.5 Å². The molecule has 1 aliphatic rings. The number of anilines is 1. The third kappa shape index (κ3) is 3.19. The van der Waals surface area contributed by atoms with Crippen LogP contribution in [-0.2, 0) is 9.59 Å². The Morgan fingerprint density at radius 1 is 1.10 bits per heavy atom. The number of carbonyl (C=O) groups excluding carboxylic acids is 4. The molecule has 0 radical (unpaired) electrons. The van der Waals surface area contributed by atoms with Crippen LogP contribution < -0.4 is 10.2 Å². The summed E-state index contributed by atoms with van der Waals surface area (Å²) in [5.74, 6) is -1.79. The number of rotatable bonds is 2. The summed E-state index contributed by atoms with van der Waals surface area (Å²) in [5, 5.41) is 3.27. The van der Waals surface area contributed by atoms with Gasteiger partial charge in [-0.15, -0.1) is 0 Å². The largest absolute Gasteiger partial charge is 0.335 e. The molecule has 1 saturated heterocycles. The molecule has 0 atom stereocenters. The Bertz CT molecular complexity index is 1290. The average molecular weight is 422 g/mol. The van der Waals surface area contributed by atoms with Crippen LogP contribution in [0.4, 0.5) is 10.5 Å². The fourth-order valence-corrected chi connectivity index (χ4v) is 3.52. The molecule has 1 fully saturated rings. The molecule has 0 saturated carbocycles. The maximum absolute atomic E-state index is 13.1. The summed E-state index contributed by atoms with van der Waals surface area (Å²) in [6, 6.07) is 11.0. The normalized spacial score (nSPS) is 15.8. The SMILES string of the molecule is CC(=O)n1cc(/C=C2\C(=O)NC(=O)N(c3ccc(C)c(Cl)c3)C2=O)c2ccccc21. The van der Waals surface area contributed by atoms with Crippen LogP contribution in [-0.4, -0.2) is 28.3 Å². The van der Waals surface area contributed by atoms with Crippen molar-refractivity contribution in [3.05, 3.63) is 70.4 Å². The predicted molar refractivity (Wildman–Crippen MR) is 113 cm³/mol. The van der Waals surface area contributed by atoms with Crippen LogP contribution in [0.15, 0.2) is 54.2 Å². The van der Waals surface area contributed by atoms with Crippen LogP contribution in [0.25, 0.3) is 17.0 Å². The number of amides is 4. The van der Waals surface area contributed by atoms with Gasteiger partial charge in [-0.2, -0.15) is 0 Å². The first-order valence-corrected chi connectivity index (χ1v) is 9.44. The van der Waals surface area contributed by atoms with Crippen LogP contribution in [0.1, 0.15) is 22.8 Å². The Hall–Kier alpha value is -3.71. The van der Waals surface area contributed by atoms with E-state index in [1.165, 1.54) is 23.6 Å². The van der Waals surface area contributed by atoms with Crippen LogP contribution in [0.3, 0.4) is 0 Å². The first-order valence-electron chi connectivity index (χ1n) is 9.06. The van der Waals surface area contributed by atoms with Crippen molar-refractivity contribution in [3.63, 3.8) is 0 Å². The highest BCUT2D eigenvalue weighted by atomic mass is 35.5. The van der Waals surface area contributed by atoms with Gasteiger partial charge >= 0.3 is 6.03 Å². The van der Waals surface area contributed by atoms with Gasteiger partial charge in [0.2, 0.25) is 5.91 Å². The first kappa shape index (κ1) is 19.6. The van der Waals surface area contributed by atoms with E-state index in [4.69, 9.17) is 11.6 Å². The van der Waals surface area contributed by atoms with Gasteiger partial charge in [-0.05, 0) is 36.8 Å². The fraction of sp³-hybridized carbons (Fsp3) is 0.0909. The number of aromatic nitrogens is 1. The number of barbiturate groups is 1. The molecule has 7 nitrogen and oxygen atoms in total. The lowest BCUT2D eigenvalue weighted by Crippen LogP contribution is -2.54. The zero-order valence-electron chi connectivity index (χ0n) is 16.1. The van der Waals surface area contributed by atoms with E-state index in [-0.39, 0.29) is 17.2 Å². The summed E-state index contributed by atoms with van der Waals surface area (Å²) in [6.45, 7) is 3.22. The van der Waals surface area contributed by atoms with E-state index in [1.807, 2.05) is 0 Å². The van der Waals surface area contributed by atoms with Crippen molar-refractivity contribution >= 4 is 58.0 Å². The zero-order valence-corrected chi connectivity index (χ0v) is 16.9. The van der Waals surface area contributed by atoms with Crippen molar-refractivity contribution in [2.75, 3.05) is 4.90 Å². The van der Waals surface area contributed by atoms with Gasteiger partial charge in [-0.25, -0.2) is 9.69 Å². The second-order valence-corrected chi connectivity index (χ2v) is 7.29. The fourth-order valence-electron chi connectivity index (χ4n) is 3.35. The molecular formula is C22H16ClN3O4. The maximum atomic E-state index is 13.1. The number of nitrogens with zero attached hydrogens (tertiary/aromatic N) is 2. The lowest BCUT2D eigenvalue weighted by molar-refractivity contribution is -0.122. The Kier molecular flexibility index (Phi) is 4.75.